The third-order valence-corrected chi connectivity index (χ3v) is 2.99. The summed E-state index contributed by atoms with van der Waals surface area (Å²) < 4.78 is 0. The molecule has 0 unspecified atom stereocenters. The summed E-state index contributed by atoms with van der Waals surface area (Å²) in [6.07, 6.45) is 0.334. The molecule has 0 bridgehead atoms. The maximum Gasteiger partial charge on any atom is 0.225 e. The number of anilines is 1. The van der Waals surface area contributed by atoms with Crippen LogP contribution < -0.4 is 4.90 Å². The van der Waals surface area contributed by atoms with E-state index in [1.54, 1.807) is 12.1 Å². The largest absolute Gasteiger partial charge is 0.378 e. The van der Waals surface area contributed by atoms with Crippen LogP contribution in [-0.4, -0.2) is 26.2 Å². The minimum atomic E-state index is -0.491. The van der Waals surface area contributed by atoms with Crippen LogP contribution in [0, 0.1) is 0 Å². The molecule has 0 aliphatic heterocycles. The Morgan fingerprint density at radius 1 is 0.895 bits per heavy atom. The molecule has 0 saturated heterocycles. The van der Waals surface area contributed by atoms with Crippen LogP contribution in [0.25, 0.3) is 11.1 Å². The van der Waals surface area contributed by atoms with Gasteiger partial charge < -0.3 is 4.90 Å². The zero-order valence-corrected chi connectivity index (χ0v) is 11.0. The Kier molecular flexibility index (Phi) is 3.76. The van der Waals surface area contributed by atoms with E-state index >= 15 is 0 Å². The minimum Gasteiger partial charge on any atom is -0.378 e. The maximum absolute atomic E-state index is 11.2. The number of Topliss-reactive ketones (excluding diaryl/α,β-unsaturated/α-hetero) is 1. The molecule has 0 spiro atoms. The lowest BCUT2D eigenvalue weighted by atomic mass is 10.0. The molecule has 0 N–H and O–H groups in total. The second kappa shape index (κ2) is 5.48. The van der Waals surface area contributed by atoms with Gasteiger partial charge in [-0.2, -0.15) is 0 Å². The fraction of sp³-hybridized carbons (Fsp3) is 0.125. The highest BCUT2D eigenvalue weighted by atomic mass is 16.2. The molecule has 0 saturated carbocycles. The van der Waals surface area contributed by atoms with E-state index in [-0.39, 0.29) is 0 Å². The van der Waals surface area contributed by atoms with E-state index in [0.717, 1.165) is 16.8 Å². The van der Waals surface area contributed by atoms with Gasteiger partial charge in [-0.1, -0.05) is 36.4 Å². The summed E-state index contributed by atoms with van der Waals surface area (Å²) in [6.45, 7) is 0. The number of aldehydes is 1. The van der Waals surface area contributed by atoms with Gasteiger partial charge in [0, 0.05) is 25.3 Å². The van der Waals surface area contributed by atoms with E-state index in [2.05, 4.69) is 0 Å². The number of hydrogen-bond acceptors (Lipinski definition) is 3. The highest BCUT2D eigenvalue weighted by molar-refractivity contribution is 6.33. The van der Waals surface area contributed by atoms with Crippen LogP contribution in [0.4, 0.5) is 5.69 Å². The fourth-order valence-electron chi connectivity index (χ4n) is 1.85. The van der Waals surface area contributed by atoms with Crippen LogP contribution in [0.15, 0.2) is 48.5 Å². The molecule has 0 aliphatic carbocycles. The summed E-state index contributed by atoms with van der Waals surface area (Å²) in [7, 11) is 3.99. The van der Waals surface area contributed by atoms with Gasteiger partial charge in [-0.3, -0.25) is 9.59 Å². The van der Waals surface area contributed by atoms with Crippen LogP contribution in [0.1, 0.15) is 10.4 Å². The molecule has 0 aromatic heterocycles. The van der Waals surface area contributed by atoms with Gasteiger partial charge in [0.05, 0.1) is 0 Å². The SMILES string of the molecule is CN(C)c1ccc(-c2ccc(C(=O)C=O)cc2)cc1. The number of carbonyl (C=O) groups excluding carboxylic acids is 2. The summed E-state index contributed by atoms with van der Waals surface area (Å²) in [5, 5.41) is 0. The van der Waals surface area contributed by atoms with Crippen molar-refractivity contribution in [2.24, 2.45) is 0 Å². The monoisotopic (exact) mass is 253 g/mol. The van der Waals surface area contributed by atoms with E-state index < -0.39 is 5.78 Å². The molecule has 0 aliphatic rings. The van der Waals surface area contributed by atoms with Gasteiger partial charge >= 0.3 is 0 Å². The molecule has 96 valence electrons. The average Bonchev–Trinajstić information content (AvgIpc) is 2.46. The summed E-state index contributed by atoms with van der Waals surface area (Å²) in [5.74, 6) is -0.491. The highest BCUT2D eigenvalue weighted by Gasteiger charge is 2.04. The van der Waals surface area contributed by atoms with E-state index in [9.17, 15) is 9.59 Å². The van der Waals surface area contributed by atoms with Crippen molar-refractivity contribution in [3.05, 3.63) is 54.1 Å². The topological polar surface area (TPSA) is 37.4 Å². The van der Waals surface area contributed by atoms with Gasteiger partial charge in [0.15, 0.2) is 6.29 Å². The number of carbonyl (C=O) groups is 2. The number of ketones is 1. The molecule has 2 aromatic rings. The van der Waals surface area contributed by atoms with Crippen LogP contribution in [0.2, 0.25) is 0 Å². The van der Waals surface area contributed by atoms with E-state index in [4.69, 9.17) is 0 Å². The van der Waals surface area contributed by atoms with Crippen molar-refractivity contribution in [3.63, 3.8) is 0 Å². The molecule has 2 aromatic carbocycles. The first-order valence-electron chi connectivity index (χ1n) is 5.99. The lowest BCUT2D eigenvalue weighted by molar-refractivity contribution is -0.104. The van der Waals surface area contributed by atoms with Gasteiger partial charge in [0.1, 0.15) is 0 Å². The van der Waals surface area contributed by atoms with Crippen LogP contribution >= 0.6 is 0 Å². The van der Waals surface area contributed by atoms with E-state index in [1.807, 2.05) is 55.4 Å². The predicted molar refractivity (Wildman–Crippen MR) is 76.6 cm³/mol. The number of rotatable bonds is 4. The summed E-state index contributed by atoms with van der Waals surface area (Å²) >= 11 is 0. The summed E-state index contributed by atoms with van der Waals surface area (Å²) in [6, 6.07) is 15.2. The second-order valence-corrected chi connectivity index (χ2v) is 4.50. The molecule has 0 amide bonds. The Hall–Kier alpha value is -2.42. The van der Waals surface area contributed by atoms with E-state index in [1.165, 1.54) is 0 Å². The normalized spacial score (nSPS) is 10.0. The Bertz CT molecular complexity index is 583. The van der Waals surface area contributed by atoms with Gasteiger partial charge in [-0.25, -0.2) is 0 Å². The Morgan fingerprint density at radius 2 is 1.37 bits per heavy atom. The molecule has 0 fully saturated rings. The van der Waals surface area contributed by atoms with Crippen LogP contribution in [0.3, 0.4) is 0 Å². The quantitative estimate of drug-likeness (QED) is 0.477. The molecule has 0 heterocycles. The fourth-order valence-corrected chi connectivity index (χ4v) is 1.85. The van der Waals surface area contributed by atoms with Crippen molar-refractivity contribution >= 4 is 17.8 Å². The lowest BCUT2D eigenvalue weighted by Gasteiger charge is -2.12. The van der Waals surface area contributed by atoms with Crippen molar-refractivity contribution in [1.82, 2.24) is 0 Å². The molecule has 3 nitrogen and oxygen atoms in total. The first-order valence-corrected chi connectivity index (χ1v) is 5.99. The molecule has 3 heteroatoms. The van der Waals surface area contributed by atoms with Crippen molar-refractivity contribution in [3.8, 4) is 11.1 Å². The third-order valence-electron chi connectivity index (χ3n) is 2.99. The first-order chi connectivity index (χ1) is 9.11. The summed E-state index contributed by atoms with van der Waals surface area (Å²) in [5.41, 5.74) is 3.66. The van der Waals surface area contributed by atoms with Crippen molar-refractivity contribution in [2.45, 2.75) is 0 Å². The van der Waals surface area contributed by atoms with Crippen LogP contribution in [0.5, 0.6) is 0 Å². The molecule has 2 rings (SSSR count). The highest BCUT2D eigenvalue weighted by Crippen LogP contribution is 2.22. The smallest absolute Gasteiger partial charge is 0.225 e. The molecule has 19 heavy (non-hydrogen) atoms. The van der Waals surface area contributed by atoms with Gasteiger partial charge in [0.25, 0.3) is 0 Å². The number of hydrogen-bond donors (Lipinski definition) is 0. The number of benzene rings is 2. The third kappa shape index (κ3) is 2.88. The summed E-state index contributed by atoms with van der Waals surface area (Å²) in [4.78, 5) is 23.7. The van der Waals surface area contributed by atoms with Crippen molar-refractivity contribution in [2.75, 3.05) is 19.0 Å². The molecule has 0 atom stereocenters. The molecular weight excluding hydrogens is 238 g/mol. The average molecular weight is 253 g/mol. The minimum absolute atomic E-state index is 0.334. The number of nitrogens with zero attached hydrogens (tertiary/aromatic N) is 1. The zero-order chi connectivity index (χ0) is 13.8. The van der Waals surface area contributed by atoms with Gasteiger partial charge in [-0.15, -0.1) is 0 Å². The predicted octanol–water partition coefficient (Wildman–Crippen LogP) is 2.80. The molecular formula is C16H15NO2. The Labute approximate surface area is 112 Å². The molecule has 0 radical (unpaired) electrons. The van der Waals surface area contributed by atoms with Crippen molar-refractivity contribution in [1.29, 1.82) is 0 Å². The van der Waals surface area contributed by atoms with Gasteiger partial charge in [-0.05, 0) is 23.3 Å². The lowest BCUT2D eigenvalue weighted by Crippen LogP contribution is -2.07. The Morgan fingerprint density at radius 3 is 1.79 bits per heavy atom. The van der Waals surface area contributed by atoms with Crippen molar-refractivity contribution < 1.29 is 9.59 Å². The van der Waals surface area contributed by atoms with Gasteiger partial charge in [0.2, 0.25) is 5.78 Å². The second-order valence-electron chi connectivity index (χ2n) is 4.50. The van der Waals surface area contributed by atoms with Crippen LogP contribution in [-0.2, 0) is 4.79 Å². The first kappa shape index (κ1) is 13.0. The van der Waals surface area contributed by atoms with E-state index in [0.29, 0.717) is 11.8 Å². The maximum atomic E-state index is 11.2. The Balaban J connectivity index is 2.27. The zero-order valence-electron chi connectivity index (χ0n) is 11.0. The standard InChI is InChI=1S/C16H15NO2/c1-17(2)15-9-7-13(8-10-15)12-3-5-14(6-4-12)16(19)11-18/h3-11H,1-2H3.